The average Bonchev–Trinajstić information content (AvgIpc) is 3.65. The topological polar surface area (TPSA) is 55.1 Å². The Kier molecular flexibility index (Phi) is 6.82. The number of anilines is 1. The number of aldehydes is 1. The molecule has 0 radical (unpaired) electrons. The van der Waals surface area contributed by atoms with Gasteiger partial charge in [0.05, 0.1) is 6.04 Å². The largest absolute Gasteiger partial charge is 0.385 e. The molecular weight excluding hydrogens is 536 g/mol. The number of carbonyl (C=O) groups excluding carboxylic acids is 1. The van der Waals surface area contributed by atoms with Crippen LogP contribution in [0.15, 0.2) is 54.6 Å². The predicted molar refractivity (Wildman–Crippen MR) is 179 cm³/mol. The standard InChI is InChI=1S/C41H56N2O/c1-25-34-21-35-32-11-7-8-27(32)13-15-33(35)38(34)39-36(22-40(25)16-5-6-17-40)41(39,37(42)24-44)30-14-12-28-18-26(19-29(28)20-30)23-43-31-9-3-2-4-10-31/h2-4,9-10,12,14,24,26-30,32-39,43H,1,5-8,11,13,15-23,42H2/t26-,27+,28+,29-,30+,32+,33-,34-,35-,36+,37-,38+,39-,41+/m0/s1. The summed E-state index contributed by atoms with van der Waals surface area (Å²) in [5.74, 6) is 8.98. The van der Waals surface area contributed by atoms with E-state index in [0.717, 1.165) is 48.0 Å². The zero-order valence-corrected chi connectivity index (χ0v) is 26.9. The second-order valence-corrected chi connectivity index (χ2v) is 17.4. The van der Waals surface area contributed by atoms with Crippen molar-refractivity contribution in [3.63, 3.8) is 0 Å². The minimum Gasteiger partial charge on any atom is -0.385 e. The number of nitrogens with one attached hydrogen (secondary N) is 1. The number of allylic oxidation sites excluding steroid dienone is 3. The summed E-state index contributed by atoms with van der Waals surface area (Å²) in [6.07, 6.45) is 25.7. The van der Waals surface area contributed by atoms with Crippen LogP contribution in [0.25, 0.3) is 0 Å². The number of fused-ring (bicyclic) bond motifs is 8. The Bertz CT molecular complexity index is 1300. The lowest BCUT2D eigenvalue weighted by atomic mass is 9.62. The van der Waals surface area contributed by atoms with Gasteiger partial charge >= 0.3 is 0 Å². The second-order valence-electron chi connectivity index (χ2n) is 17.4. The van der Waals surface area contributed by atoms with E-state index in [2.05, 4.69) is 47.8 Å². The van der Waals surface area contributed by atoms with Crippen LogP contribution in [0.3, 0.4) is 0 Å². The molecule has 0 heterocycles. The number of rotatable bonds is 6. The Morgan fingerprint density at radius 2 is 1.75 bits per heavy atom. The SMILES string of the molecule is C=C1[C@@H]2C[C@H]3[C@@H]4CCC[C@@H]4CC[C@@H]3[C@H]2[C@@H]2[C@@H](CC13CCCC3)[C@]2([C@@H]1C=C[C@@H]2C[C@H](CNc3ccccc3)C[C@H]2C1)[C@@H](N)C=O. The molecule has 8 aliphatic rings. The zero-order valence-electron chi connectivity index (χ0n) is 26.9. The molecular formula is C41H56N2O. The van der Waals surface area contributed by atoms with E-state index in [9.17, 15) is 4.79 Å². The van der Waals surface area contributed by atoms with Gasteiger partial charge in [-0.2, -0.15) is 0 Å². The smallest absolute Gasteiger partial charge is 0.137 e. The molecule has 236 valence electrons. The number of para-hydroxylation sites is 1. The van der Waals surface area contributed by atoms with E-state index in [4.69, 9.17) is 12.3 Å². The van der Waals surface area contributed by atoms with E-state index in [-0.39, 0.29) is 11.5 Å². The molecule has 3 heteroatoms. The zero-order chi connectivity index (χ0) is 29.6. The van der Waals surface area contributed by atoms with E-state index in [0.29, 0.717) is 35.0 Å². The van der Waals surface area contributed by atoms with Crippen LogP contribution in [0.1, 0.15) is 89.9 Å². The Morgan fingerprint density at radius 1 is 0.909 bits per heavy atom. The van der Waals surface area contributed by atoms with Crippen LogP contribution in [0, 0.1) is 81.8 Å². The molecule has 0 saturated heterocycles. The van der Waals surface area contributed by atoms with E-state index >= 15 is 0 Å². The number of nitrogens with two attached hydrogens (primary N) is 1. The molecule has 8 aliphatic carbocycles. The minimum atomic E-state index is -0.326. The molecule has 0 bridgehead atoms. The number of carbonyl (C=O) groups is 1. The maximum absolute atomic E-state index is 12.9. The normalized spacial score (nSPS) is 48.5. The molecule has 3 N–H and O–H groups in total. The summed E-state index contributed by atoms with van der Waals surface area (Å²) in [5.41, 5.74) is 10.4. The molecule has 7 saturated carbocycles. The van der Waals surface area contributed by atoms with Gasteiger partial charge in [-0.15, -0.1) is 0 Å². The van der Waals surface area contributed by atoms with E-state index < -0.39 is 0 Å². The summed E-state index contributed by atoms with van der Waals surface area (Å²) in [6.45, 7) is 6.12. The molecule has 9 rings (SSSR count). The highest BCUT2D eigenvalue weighted by atomic mass is 16.1. The lowest BCUT2D eigenvalue weighted by Gasteiger charge is -2.43. The maximum Gasteiger partial charge on any atom is 0.137 e. The van der Waals surface area contributed by atoms with Gasteiger partial charge in [0.15, 0.2) is 0 Å². The van der Waals surface area contributed by atoms with Crippen molar-refractivity contribution >= 4 is 12.0 Å². The summed E-state index contributed by atoms with van der Waals surface area (Å²) < 4.78 is 0. The van der Waals surface area contributed by atoms with Crippen LogP contribution in [0.5, 0.6) is 0 Å². The summed E-state index contributed by atoms with van der Waals surface area (Å²) in [4.78, 5) is 12.9. The molecule has 0 amide bonds. The van der Waals surface area contributed by atoms with Gasteiger partial charge in [0.2, 0.25) is 0 Å². The van der Waals surface area contributed by atoms with Crippen LogP contribution in [0.2, 0.25) is 0 Å². The molecule has 3 nitrogen and oxygen atoms in total. The van der Waals surface area contributed by atoms with Crippen molar-refractivity contribution in [3.05, 3.63) is 54.6 Å². The van der Waals surface area contributed by atoms with Crippen molar-refractivity contribution in [2.24, 2.45) is 87.6 Å². The third-order valence-electron chi connectivity index (χ3n) is 16.2. The van der Waals surface area contributed by atoms with Crippen molar-refractivity contribution in [2.75, 3.05) is 11.9 Å². The summed E-state index contributed by atoms with van der Waals surface area (Å²) >= 11 is 0. The summed E-state index contributed by atoms with van der Waals surface area (Å²) in [7, 11) is 0. The fraction of sp³-hybridized carbons (Fsp3) is 0.732. The number of hydrogen-bond acceptors (Lipinski definition) is 3. The molecule has 1 aromatic carbocycles. The molecule has 0 unspecified atom stereocenters. The first-order valence-electron chi connectivity index (χ1n) is 18.9. The van der Waals surface area contributed by atoms with Crippen LogP contribution in [0.4, 0.5) is 5.69 Å². The third kappa shape index (κ3) is 4.05. The van der Waals surface area contributed by atoms with Gasteiger partial charge in [0.1, 0.15) is 6.29 Å². The Balaban J connectivity index is 1.02. The van der Waals surface area contributed by atoms with Gasteiger partial charge in [-0.3, -0.25) is 0 Å². The highest BCUT2D eigenvalue weighted by Crippen LogP contribution is 2.80. The molecule has 7 fully saturated rings. The quantitative estimate of drug-likeness (QED) is 0.257. The van der Waals surface area contributed by atoms with Gasteiger partial charge < -0.3 is 15.8 Å². The maximum atomic E-state index is 12.9. The van der Waals surface area contributed by atoms with Gasteiger partial charge in [-0.05, 0) is 153 Å². The predicted octanol–water partition coefficient (Wildman–Crippen LogP) is 8.67. The molecule has 0 aliphatic heterocycles. The molecule has 44 heavy (non-hydrogen) atoms. The molecule has 14 atom stereocenters. The number of benzene rings is 1. The van der Waals surface area contributed by atoms with Gasteiger partial charge in [-0.25, -0.2) is 0 Å². The van der Waals surface area contributed by atoms with Crippen LogP contribution >= 0.6 is 0 Å². The van der Waals surface area contributed by atoms with Crippen LogP contribution < -0.4 is 11.1 Å². The van der Waals surface area contributed by atoms with E-state index in [1.165, 1.54) is 102 Å². The first kappa shape index (κ1) is 28.4. The highest BCUT2D eigenvalue weighted by Gasteiger charge is 2.77. The van der Waals surface area contributed by atoms with Crippen LogP contribution in [-0.2, 0) is 4.79 Å². The second kappa shape index (κ2) is 10.6. The van der Waals surface area contributed by atoms with Crippen molar-refractivity contribution in [1.82, 2.24) is 0 Å². The van der Waals surface area contributed by atoms with E-state index in [1.54, 1.807) is 5.57 Å². The lowest BCUT2D eigenvalue weighted by molar-refractivity contribution is -0.111. The minimum absolute atomic E-state index is 0.0236. The van der Waals surface area contributed by atoms with Gasteiger partial charge in [0.25, 0.3) is 0 Å². The monoisotopic (exact) mass is 592 g/mol. The first-order valence-corrected chi connectivity index (χ1v) is 18.9. The number of hydrogen-bond donors (Lipinski definition) is 2. The summed E-state index contributed by atoms with van der Waals surface area (Å²) in [5, 5.41) is 3.73. The Hall–Kier alpha value is -1.87. The Morgan fingerprint density at radius 3 is 2.57 bits per heavy atom. The van der Waals surface area contributed by atoms with Gasteiger partial charge in [0, 0.05) is 17.6 Å². The van der Waals surface area contributed by atoms with Crippen molar-refractivity contribution in [3.8, 4) is 0 Å². The lowest BCUT2D eigenvalue weighted by Crippen LogP contribution is -2.45. The van der Waals surface area contributed by atoms with Crippen LogP contribution in [-0.4, -0.2) is 18.9 Å². The molecule has 1 aromatic rings. The van der Waals surface area contributed by atoms with Crippen molar-refractivity contribution in [1.29, 1.82) is 0 Å². The molecule has 0 aromatic heterocycles. The molecule has 1 spiro atoms. The van der Waals surface area contributed by atoms with E-state index in [1.807, 2.05) is 0 Å². The third-order valence-corrected chi connectivity index (χ3v) is 16.2. The Labute approximate surface area is 266 Å². The highest BCUT2D eigenvalue weighted by molar-refractivity contribution is 5.62. The first-order chi connectivity index (χ1) is 21.5. The fourth-order valence-corrected chi connectivity index (χ4v) is 14.5. The average molecular weight is 593 g/mol. The van der Waals surface area contributed by atoms with Gasteiger partial charge in [-0.1, -0.05) is 68.2 Å². The fourth-order valence-electron chi connectivity index (χ4n) is 14.5. The summed E-state index contributed by atoms with van der Waals surface area (Å²) in [6, 6.07) is 10.4. The van der Waals surface area contributed by atoms with Crippen molar-refractivity contribution in [2.45, 2.75) is 95.9 Å². The van der Waals surface area contributed by atoms with Crippen molar-refractivity contribution < 1.29 is 4.79 Å².